The molecule has 0 radical (unpaired) electrons. The van der Waals surface area contributed by atoms with E-state index >= 15 is 0 Å². The second-order valence-electron chi connectivity index (χ2n) is 3.52. The standard InChI is InChI=1S/C12H13N3O3S2/c1-3-5-18-11(17)10-8(2)14-12(20-10)15-9(16)7-19-6-4-13/h3H,1,5-7H2,2H3,(H,14,15,16). The Labute approximate surface area is 124 Å². The number of nitrogens with one attached hydrogen (secondary N) is 1. The summed E-state index contributed by atoms with van der Waals surface area (Å²) in [7, 11) is 0. The molecule has 20 heavy (non-hydrogen) atoms. The average Bonchev–Trinajstić information content (AvgIpc) is 2.77. The van der Waals surface area contributed by atoms with Crippen molar-refractivity contribution in [3.8, 4) is 6.07 Å². The summed E-state index contributed by atoms with van der Waals surface area (Å²) in [6.45, 7) is 5.25. The van der Waals surface area contributed by atoms with Crippen LogP contribution in [-0.4, -0.2) is 35.0 Å². The van der Waals surface area contributed by atoms with Gasteiger partial charge in [0.15, 0.2) is 5.13 Å². The Bertz CT molecular complexity index is 549. The number of aromatic nitrogens is 1. The van der Waals surface area contributed by atoms with Crippen LogP contribution in [0.15, 0.2) is 12.7 Å². The number of nitrogens with zero attached hydrogens (tertiary/aromatic N) is 2. The van der Waals surface area contributed by atoms with E-state index in [-0.39, 0.29) is 24.0 Å². The van der Waals surface area contributed by atoms with Gasteiger partial charge in [-0.05, 0) is 6.92 Å². The predicted octanol–water partition coefficient (Wildman–Crippen LogP) is 1.99. The number of amides is 1. The topological polar surface area (TPSA) is 92.1 Å². The summed E-state index contributed by atoms with van der Waals surface area (Å²) < 4.78 is 4.92. The number of rotatable bonds is 7. The third-order valence-corrected chi connectivity index (χ3v) is 3.81. The Morgan fingerprint density at radius 2 is 2.40 bits per heavy atom. The highest BCUT2D eigenvalue weighted by atomic mass is 32.2. The van der Waals surface area contributed by atoms with Crippen molar-refractivity contribution in [3.05, 3.63) is 23.2 Å². The van der Waals surface area contributed by atoms with Crippen LogP contribution >= 0.6 is 23.1 Å². The molecule has 0 atom stereocenters. The minimum atomic E-state index is -0.487. The van der Waals surface area contributed by atoms with E-state index in [0.717, 1.165) is 11.3 Å². The van der Waals surface area contributed by atoms with Crippen molar-refractivity contribution in [3.63, 3.8) is 0 Å². The zero-order valence-corrected chi connectivity index (χ0v) is 12.5. The van der Waals surface area contributed by atoms with Gasteiger partial charge in [0.25, 0.3) is 0 Å². The van der Waals surface area contributed by atoms with Gasteiger partial charge in [-0.3, -0.25) is 4.79 Å². The molecule has 0 bridgehead atoms. The third kappa shape index (κ3) is 5.03. The minimum Gasteiger partial charge on any atom is -0.457 e. The zero-order chi connectivity index (χ0) is 15.0. The molecule has 1 N–H and O–H groups in total. The summed E-state index contributed by atoms with van der Waals surface area (Å²) in [5, 5.41) is 11.3. The summed E-state index contributed by atoms with van der Waals surface area (Å²) in [4.78, 5) is 27.7. The van der Waals surface area contributed by atoms with E-state index < -0.39 is 5.97 Å². The maximum Gasteiger partial charge on any atom is 0.350 e. The predicted molar refractivity (Wildman–Crippen MR) is 78.9 cm³/mol. The maximum absolute atomic E-state index is 11.7. The van der Waals surface area contributed by atoms with E-state index in [9.17, 15) is 9.59 Å². The number of carbonyl (C=O) groups excluding carboxylic acids is 2. The number of nitriles is 1. The number of anilines is 1. The van der Waals surface area contributed by atoms with E-state index in [1.54, 1.807) is 6.92 Å². The summed E-state index contributed by atoms with van der Waals surface area (Å²) >= 11 is 2.27. The summed E-state index contributed by atoms with van der Waals surface area (Å²) in [5.41, 5.74) is 0.504. The molecule has 0 saturated carbocycles. The molecule has 0 aliphatic carbocycles. The molecular weight excluding hydrogens is 298 g/mol. The van der Waals surface area contributed by atoms with Crippen molar-refractivity contribution in [2.24, 2.45) is 0 Å². The Hall–Kier alpha value is -1.85. The minimum absolute atomic E-state index is 0.128. The second kappa shape index (κ2) is 8.35. The number of hydrogen-bond acceptors (Lipinski definition) is 7. The maximum atomic E-state index is 11.7. The molecule has 1 aromatic rings. The molecule has 0 aliphatic heterocycles. The van der Waals surface area contributed by atoms with E-state index in [1.807, 2.05) is 6.07 Å². The van der Waals surface area contributed by atoms with Crippen LogP contribution in [0.4, 0.5) is 5.13 Å². The Morgan fingerprint density at radius 1 is 1.65 bits per heavy atom. The van der Waals surface area contributed by atoms with Gasteiger partial charge < -0.3 is 10.1 Å². The van der Waals surface area contributed by atoms with Crippen molar-refractivity contribution in [1.29, 1.82) is 5.26 Å². The highest BCUT2D eigenvalue weighted by Crippen LogP contribution is 2.23. The van der Waals surface area contributed by atoms with Crippen LogP contribution in [0.3, 0.4) is 0 Å². The largest absolute Gasteiger partial charge is 0.457 e. The SMILES string of the molecule is C=CCOC(=O)c1sc(NC(=O)CSCC#N)nc1C. The lowest BCUT2D eigenvalue weighted by Gasteiger charge is -1.99. The summed E-state index contributed by atoms with van der Waals surface area (Å²) in [6, 6.07) is 1.94. The molecule has 0 aliphatic rings. The van der Waals surface area contributed by atoms with Gasteiger partial charge in [-0.1, -0.05) is 24.0 Å². The Balaban J connectivity index is 2.61. The fourth-order valence-corrected chi connectivity index (χ4v) is 2.51. The van der Waals surface area contributed by atoms with Gasteiger partial charge in [-0.15, -0.1) is 11.8 Å². The quantitative estimate of drug-likeness (QED) is 0.470. The Kier molecular flexibility index (Phi) is 6.76. The number of carbonyl (C=O) groups is 2. The van der Waals surface area contributed by atoms with Crippen molar-refractivity contribution in [1.82, 2.24) is 4.98 Å². The van der Waals surface area contributed by atoms with Gasteiger partial charge in [0.2, 0.25) is 5.91 Å². The van der Waals surface area contributed by atoms with E-state index in [0.29, 0.717) is 15.7 Å². The first-order chi connectivity index (χ1) is 9.58. The van der Waals surface area contributed by atoms with Gasteiger partial charge in [0.1, 0.15) is 11.5 Å². The lowest BCUT2D eigenvalue weighted by atomic mass is 10.4. The van der Waals surface area contributed by atoms with Crippen LogP contribution in [0.5, 0.6) is 0 Å². The first-order valence-corrected chi connectivity index (χ1v) is 7.55. The van der Waals surface area contributed by atoms with Crippen LogP contribution in [-0.2, 0) is 9.53 Å². The van der Waals surface area contributed by atoms with Crippen LogP contribution < -0.4 is 5.32 Å². The molecule has 106 valence electrons. The first kappa shape index (κ1) is 16.2. The van der Waals surface area contributed by atoms with E-state index in [4.69, 9.17) is 10.00 Å². The number of ether oxygens (including phenoxy) is 1. The van der Waals surface area contributed by atoms with Gasteiger partial charge in [-0.2, -0.15) is 5.26 Å². The molecule has 0 saturated heterocycles. The molecule has 1 amide bonds. The van der Waals surface area contributed by atoms with Crippen LogP contribution in [0.1, 0.15) is 15.4 Å². The summed E-state index contributed by atoms with van der Waals surface area (Å²) in [6.07, 6.45) is 1.48. The highest BCUT2D eigenvalue weighted by Gasteiger charge is 2.17. The molecule has 1 heterocycles. The number of thioether (sulfide) groups is 1. The van der Waals surface area contributed by atoms with Gasteiger partial charge in [0.05, 0.1) is 23.3 Å². The molecule has 0 aromatic carbocycles. The number of aryl methyl sites for hydroxylation is 1. The summed E-state index contributed by atoms with van der Waals surface area (Å²) in [5.74, 6) is -0.324. The van der Waals surface area contributed by atoms with Crippen LogP contribution in [0, 0.1) is 18.3 Å². The smallest absolute Gasteiger partial charge is 0.350 e. The van der Waals surface area contributed by atoms with E-state index in [1.165, 1.54) is 17.8 Å². The second-order valence-corrected chi connectivity index (χ2v) is 5.50. The number of hydrogen-bond donors (Lipinski definition) is 1. The van der Waals surface area contributed by atoms with E-state index in [2.05, 4.69) is 16.9 Å². The highest BCUT2D eigenvalue weighted by molar-refractivity contribution is 8.00. The van der Waals surface area contributed by atoms with Gasteiger partial charge in [0, 0.05) is 0 Å². The molecular formula is C12H13N3O3S2. The fourth-order valence-electron chi connectivity index (χ4n) is 1.18. The van der Waals surface area contributed by atoms with Gasteiger partial charge >= 0.3 is 5.97 Å². The molecule has 1 rings (SSSR count). The van der Waals surface area contributed by atoms with Crippen molar-refractivity contribution < 1.29 is 14.3 Å². The van der Waals surface area contributed by atoms with Crippen molar-refractivity contribution >= 4 is 40.1 Å². The van der Waals surface area contributed by atoms with Crippen LogP contribution in [0.25, 0.3) is 0 Å². The molecule has 0 spiro atoms. The first-order valence-electron chi connectivity index (χ1n) is 5.58. The monoisotopic (exact) mass is 311 g/mol. The average molecular weight is 311 g/mol. The van der Waals surface area contributed by atoms with Gasteiger partial charge in [-0.25, -0.2) is 9.78 Å². The number of esters is 1. The molecule has 8 heteroatoms. The number of thiazole rings is 1. The van der Waals surface area contributed by atoms with Crippen molar-refractivity contribution in [2.75, 3.05) is 23.4 Å². The molecule has 0 fully saturated rings. The molecule has 6 nitrogen and oxygen atoms in total. The lowest BCUT2D eigenvalue weighted by Crippen LogP contribution is -2.14. The third-order valence-electron chi connectivity index (χ3n) is 1.96. The molecule has 0 unspecified atom stereocenters. The van der Waals surface area contributed by atoms with Crippen LogP contribution in [0.2, 0.25) is 0 Å². The zero-order valence-electron chi connectivity index (χ0n) is 10.8. The molecule has 1 aromatic heterocycles. The normalized spacial score (nSPS) is 9.60. The van der Waals surface area contributed by atoms with Crippen molar-refractivity contribution in [2.45, 2.75) is 6.92 Å². The Morgan fingerprint density at radius 3 is 3.05 bits per heavy atom. The lowest BCUT2D eigenvalue weighted by molar-refractivity contribution is -0.113. The fraction of sp³-hybridized carbons (Fsp3) is 0.333.